The van der Waals surface area contributed by atoms with E-state index in [0.29, 0.717) is 17.9 Å². The van der Waals surface area contributed by atoms with E-state index in [1.54, 1.807) is 18.3 Å². The molecule has 0 aliphatic carbocycles. The van der Waals surface area contributed by atoms with Crippen LogP contribution >= 0.6 is 11.3 Å². The van der Waals surface area contributed by atoms with Crippen molar-refractivity contribution in [3.63, 3.8) is 0 Å². The number of aromatic nitrogens is 1. The molecule has 8 nitrogen and oxygen atoms in total. The third-order valence-corrected chi connectivity index (χ3v) is 4.94. The maximum absolute atomic E-state index is 12.3. The number of pyridine rings is 1. The van der Waals surface area contributed by atoms with Crippen molar-refractivity contribution in [2.45, 2.75) is 19.4 Å². The first kappa shape index (κ1) is 18.8. The largest absolute Gasteiger partial charge is 0.452 e. The number of amides is 3. The maximum Gasteiger partial charge on any atom is 0.347 e. The van der Waals surface area contributed by atoms with Crippen LogP contribution in [0, 0.1) is 0 Å². The molecule has 0 atom stereocenters. The van der Waals surface area contributed by atoms with Crippen LogP contribution in [-0.2, 0) is 16.1 Å². The highest BCUT2D eigenvalue weighted by atomic mass is 32.1. The molecule has 3 heterocycles. The van der Waals surface area contributed by atoms with Crippen LogP contribution in [0.1, 0.15) is 28.1 Å². The number of hydrogen-bond acceptors (Lipinski definition) is 6. The number of anilines is 1. The number of ether oxygens (including phenoxy) is 1. The summed E-state index contributed by atoms with van der Waals surface area (Å²) in [4.78, 5) is 42.0. The number of urea groups is 1. The van der Waals surface area contributed by atoms with E-state index in [4.69, 9.17) is 4.74 Å². The van der Waals surface area contributed by atoms with Crippen LogP contribution in [-0.4, -0.2) is 37.6 Å². The minimum Gasteiger partial charge on any atom is -0.452 e. The first-order valence-electron chi connectivity index (χ1n) is 8.66. The van der Waals surface area contributed by atoms with Gasteiger partial charge >= 0.3 is 12.0 Å². The Hall–Kier alpha value is -2.94. The third-order valence-electron chi connectivity index (χ3n) is 4.07. The summed E-state index contributed by atoms with van der Waals surface area (Å²) in [6.07, 6.45) is 3.88. The van der Waals surface area contributed by atoms with Crippen molar-refractivity contribution in [2.75, 3.05) is 24.6 Å². The van der Waals surface area contributed by atoms with Crippen molar-refractivity contribution in [3.8, 4) is 0 Å². The van der Waals surface area contributed by atoms with Crippen molar-refractivity contribution < 1.29 is 24.1 Å². The third kappa shape index (κ3) is 5.27. The number of H-pyrrole nitrogens is 1. The van der Waals surface area contributed by atoms with Gasteiger partial charge in [0.1, 0.15) is 5.56 Å². The van der Waals surface area contributed by atoms with E-state index in [1.165, 1.54) is 11.3 Å². The second-order valence-electron chi connectivity index (χ2n) is 6.01. The van der Waals surface area contributed by atoms with Gasteiger partial charge in [-0.2, -0.15) is 0 Å². The normalized spacial score (nSPS) is 13.3. The predicted molar refractivity (Wildman–Crippen MR) is 99.4 cm³/mol. The fraction of sp³-hybridized carbons (Fsp3) is 0.333. The molecule has 3 rings (SSSR count). The Morgan fingerprint density at radius 3 is 2.74 bits per heavy atom. The topological polar surface area (TPSA) is 102 Å². The van der Waals surface area contributed by atoms with Gasteiger partial charge in [-0.05, 0) is 36.4 Å². The quantitative estimate of drug-likeness (QED) is 0.726. The van der Waals surface area contributed by atoms with E-state index in [-0.39, 0.29) is 0 Å². The first-order valence-corrected chi connectivity index (χ1v) is 9.54. The molecule has 0 bridgehead atoms. The molecule has 0 radical (unpaired) electrons. The maximum atomic E-state index is 12.3. The van der Waals surface area contributed by atoms with E-state index in [1.807, 2.05) is 17.5 Å². The first-order chi connectivity index (χ1) is 13.1. The van der Waals surface area contributed by atoms with Gasteiger partial charge in [-0.1, -0.05) is 6.07 Å². The van der Waals surface area contributed by atoms with Gasteiger partial charge in [-0.3, -0.25) is 15.0 Å². The Morgan fingerprint density at radius 1 is 1.19 bits per heavy atom. The highest BCUT2D eigenvalue weighted by molar-refractivity contribution is 7.09. The van der Waals surface area contributed by atoms with Gasteiger partial charge in [0.15, 0.2) is 6.61 Å². The van der Waals surface area contributed by atoms with Gasteiger partial charge in [0, 0.05) is 4.88 Å². The smallest absolute Gasteiger partial charge is 0.347 e. The lowest BCUT2D eigenvalue weighted by Crippen LogP contribution is -2.41. The molecule has 0 unspecified atom stereocenters. The van der Waals surface area contributed by atoms with Crippen LogP contribution in [0.2, 0.25) is 0 Å². The highest BCUT2D eigenvalue weighted by Crippen LogP contribution is 2.20. The van der Waals surface area contributed by atoms with E-state index < -0.39 is 24.5 Å². The molecule has 3 N–H and O–H groups in total. The van der Waals surface area contributed by atoms with E-state index in [2.05, 4.69) is 20.5 Å². The molecule has 1 aliphatic heterocycles. The molecule has 2 aromatic heterocycles. The van der Waals surface area contributed by atoms with Crippen LogP contribution in [0.5, 0.6) is 0 Å². The predicted octanol–water partition coefficient (Wildman–Crippen LogP) is 1.35. The number of hydrogen-bond donors (Lipinski definition) is 2. The van der Waals surface area contributed by atoms with E-state index >= 15 is 0 Å². The Balaban J connectivity index is 1.47. The lowest BCUT2D eigenvalue weighted by molar-refractivity contribution is -0.364. The zero-order valence-corrected chi connectivity index (χ0v) is 15.5. The molecule has 27 heavy (non-hydrogen) atoms. The van der Waals surface area contributed by atoms with Gasteiger partial charge in [-0.25, -0.2) is 14.6 Å². The van der Waals surface area contributed by atoms with Crippen LogP contribution in [0.3, 0.4) is 0 Å². The fourth-order valence-corrected chi connectivity index (χ4v) is 3.44. The van der Waals surface area contributed by atoms with E-state index in [9.17, 15) is 14.4 Å². The second-order valence-corrected chi connectivity index (χ2v) is 7.05. The molecular formula is C18H21N4O4S+. The summed E-state index contributed by atoms with van der Waals surface area (Å²) in [5.74, 6) is -0.605. The molecule has 1 fully saturated rings. The summed E-state index contributed by atoms with van der Waals surface area (Å²) in [5.41, 5.74) is 0.370. The molecule has 142 valence electrons. The summed E-state index contributed by atoms with van der Waals surface area (Å²) < 4.78 is 5.07. The number of nitrogens with one attached hydrogen (secondary N) is 3. The zero-order valence-electron chi connectivity index (χ0n) is 14.7. The highest BCUT2D eigenvalue weighted by Gasteiger charge is 2.27. The molecule has 2 aromatic rings. The number of nitrogens with zero attached hydrogens (tertiary/aromatic N) is 1. The Labute approximate surface area is 160 Å². The molecule has 0 saturated carbocycles. The second kappa shape index (κ2) is 9.13. The van der Waals surface area contributed by atoms with Gasteiger partial charge in [-0.15, -0.1) is 11.3 Å². The molecule has 9 heteroatoms. The minimum atomic E-state index is -0.685. The fourth-order valence-electron chi connectivity index (χ4n) is 2.79. The van der Waals surface area contributed by atoms with Crippen molar-refractivity contribution in [1.29, 1.82) is 0 Å². The number of carbonyl (C=O) groups excluding carboxylic acids is 3. The Kier molecular flexibility index (Phi) is 6.37. The molecule has 0 spiro atoms. The Morgan fingerprint density at radius 2 is 2.00 bits per heavy atom. The van der Waals surface area contributed by atoms with Gasteiger partial charge in [0.2, 0.25) is 0 Å². The number of thiophene rings is 1. The monoisotopic (exact) mass is 389 g/mol. The average molecular weight is 389 g/mol. The van der Waals surface area contributed by atoms with Crippen LogP contribution in [0.4, 0.5) is 10.6 Å². The van der Waals surface area contributed by atoms with Gasteiger partial charge < -0.3 is 10.1 Å². The van der Waals surface area contributed by atoms with Gasteiger partial charge in [0.25, 0.3) is 11.7 Å². The molecule has 3 amide bonds. The number of esters is 1. The SMILES string of the molecule is O=C(COC(=O)c1ccc[nH+]c1N1CCCC1)NC(=O)NCc1cccs1. The summed E-state index contributed by atoms with van der Waals surface area (Å²) in [6.45, 7) is 1.53. The standard InChI is InChI=1S/C18H20N4O4S/c23-15(21-18(25)20-11-13-5-4-10-27-13)12-26-17(24)14-6-3-7-19-16(14)22-8-1-2-9-22/h3-7,10H,1-2,8-9,11-12H2,(H2,20,21,23,25)/p+1. The molecular weight excluding hydrogens is 368 g/mol. The average Bonchev–Trinajstić information content (AvgIpc) is 3.38. The van der Waals surface area contributed by atoms with E-state index in [0.717, 1.165) is 30.8 Å². The number of aromatic amines is 1. The van der Waals surface area contributed by atoms with Crippen LogP contribution in [0.25, 0.3) is 0 Å². The van der Waals surface area contributed by atoms with Gasteiger partial charge in [0.05, 0.1) is 25.8 Å². The van der Waals surface area contributed by atoms with Crippen LogP contribution < -0.4 is 20.5 Å². The summed E-state index contributed by atoms with van der Waals surface area (Å²) in [6, 6.07) is 6.48. The molecule has 0 aromatic carbocycles. The lowest BCUT2D eigenvalue weighted by Gasteiger charge is -2.12. The zero-order chi connectivity index (χ0) is 19.1. The van der Waals surface area contributed by atoms with Crippen LogP contribution in [0.15, 0.2) is 35.8 Å². The number of carbonyl (C=O) groups is 3. The minimum absolute atomic E-state index is 0.329. The summed E-state index contributed by atoms with van der Waals surface area (Å²) >= 11 is 1.50. The summed E-state index contributed by atoms with van der Waals surface area (Å²) in [5, 5.41) is 6.61. The van der Waals surface area contributed by atoms with Crippen molar-refractivity contribution in [2.24, 2.45) is 0 Å². The number of rotatable bonds is 6. The molecule has 1 saturated heterocycles. The number of imide groups is 1. The lowest BCUT2D eigenvalue weighted by atomic mass is 10.2. The van der Waals surface area contributed by atoms with Crippen molar-refractivity contribution >= 4 is 35.1 Å². The Bertz CT molecular complexity index is 803. The van der Waals surface area contributed by atoms with Crippen molar-refractivity contribution in [3.05, 3.63) is 46.3 Å². The summed E-state index contributed by atoms with van der Waals surface area (Å²) in [7, 11) is 0. The van der Waals surface area contributed by atoms with Crippen molar-refractivity contribution in [1.82, 2.24) is 10.6 Å². The molecule has 1 aliphatic rings.